The third kappa shape index (κ3) is 4.25. The SMILES string of the molecule is CC(CCC(=O)O)C1CCC2C3C(O)CC4CC(OS(=O)(=O)O)CCC4(C)C3CCC12C. The van der Waals surface area contributed by atoms with Gasteiger partial charge in [-0.1, -0.05) is 20.8 Å². The molecular formula is C24H40O7S. The predicted molar refractivity (Wildman–Crippen MR) is 119 cm³/mol. The summed E-state index contributed by atoms with van der Waals surface area (Å²) in [6, 6.07) is 0. The van der Waals surface area contributed by atoms with Crippen LogP contribution in [0.4, 0.5) is 0 Å². The van der Waals surface area contributed by atoms with Crippen LogP contribution in [0, 0.1) is 46.3 Å². The van der Waals surface area contributed by atoms with Gasteiger partial charge in [-0.25, -0.2) is 4.18 Å². The van der Waals surface area contributed by atoms with Crippen LogP contribution in [0.2, 0.25) is 0 Å². The minimum Gasteiger partial charge on any atom is -0.481 e. The molecule has 0 heterocycles. The fraction of sp³-hybridized carbons (Fsp3) is 0.958. The summed E-state index contributed by atoms with van der Waals surface area (Å²) in [5, 5.41) is 20.5. The van der Waals surface area contributed by atoms with E-state index in [0.717, 1.165) is 32.1 Å². The lowest BCUT2D eigenvalue weighted by Crippen LogP contribution is -2.58. The second kappa shape index (κ2) is 8.51. The molecule has 0 spiro atoms. The highest BCUT2D eigenvalue weighted by Gasteiger charge is 2.63. The summed E-state index contributed by atoms with van der Waals surface area (Å²) in [6.45, 7) is 6.93. The van der Waals surface area contributed by atoms with Crippen LogP contribution in [0.25, 0.3) is 0 Å². The van der Waals surface area contributed by atoms with Crippen LogP contribution in [-0.2, 0) is 19.4 Å². The number of carboxylic acids is 1. The normalized spacial score (nSPS) is 47.2. The number of aliphatic hydroxyl groups excluding tert-OH is 1. The summed E-state index contributed by atoms with van der Waals surface area (Å²) in [5.41, 5.74) is 0.200. The van der Waals surface area contributed by atoms with Gasteiger partial charge in [-0.15, -0.1) is 0 Å². The van der Waals surface area contributed by atoms with Gasteiger partial charge in [0.2, 0.25) is 0 Å². The van der Waals surface area contributed by atoms with E-state index in [2.05, 4.69) is 20.8 Å². The summed E-state index contributed by atoms with van der Waals surface area (Å²) in [5.74, 6) is 1.46. The second-order valence-corrected chi connectivity index (χ2v) is 12.9. The van der Waals surface area contributed by atoms with Crippen LogP contribution in [0.3, 0.4) is 0 Å². The first-order valence-corrected chi connectivity index (χ1v) is 13.8. The fourth-order valence-corrected chi connectivity index (χ4v) is 9.49. The molecule has 0 aliphatic heterocycles. The highest BCUT2D eigenvalue weighted by Crippen LogP contribution is 2.68. The fourth-order valence-electron chi connectivity index (χ4n) is 8.97. The molecule has 0 bridgehead atoms. The van der Waals surface area contributed by atoms with E-state index in [1.807, 2.05) is 0 Å². The number of rotatable bonds is 6. The lowest BCUT2D eigenvalue weighted by atomic mass is 9.43. The van der Waals surface area contributed by atoms with Gasteiger partial charge in [-0.05, 0) is 104 Å². The van der Waals surface area contributed by atoms with Crippen LogP contribution >= 0.6 is 0 Å². The Hall–Kier alpha value is -0.700. The van der Waals surface area contributed by atoms with Crippen molar-refractivity contribution >= 4 is 16.4 Å². The summed E-state index contributed by atoms with van der Waals surface area (Å²) < 4.78 is 36.4. The van der Waals surface area contributed by atoms with E-state index in [1.54, 1.807) is 0 Å². The van der Waals surface area contributed by atoms with E-state index < -0.39 is 28.6 Å². The first-order chi connectivity index (χ1) is 14.8. The zero-order valence-corrected chi connectivity index (χ0v) is 20.4. The number of carboxylic acid groups (broad SMARTS) is 1. The number of hydrogen-bond donors (Lipinski definition) is 3. The summed E-state index contributed by atoms with van der Waals surface area (Å²) >= 11 is 0. The van der Waals surface area contributed by atoms with Gasteiger partial charge in [0.25, 0.3) is 0 Å². The zero-order valence-electron chi connectivity index (χ0n) is 19.6. The lowest BCUT2D eigenvalue weighted by Gasteiger charge is -2.62. The van der Waals surface area contributed by atoms with Gasteiger partial charge in [0.05, 0.1) is 12.2 Å². The Kier molecular flexibility index (Phi) is 6.49. The maximum Gasteiger partial charge on any atom is 0.397 e. The molecule has 0 amide bonds. The standard InChI is InChI=1S/C24H40O7S/c1-14(4-7-21(26)27)17-5-6-18-22-19(9-11-24(17,18)3)23(2)10-8-16(31-32(28,29)30)12-15(23)13-20(22)25/h14-20,22,25H,4-13H2,1-3H3,(H,26,27)(H,28,29,30). The van der Waals surface area contributed by atoms with Crippen LogP contribution < -0.4 is 0 Å². The summed E-state index contributed by atoms with van der Waals surface area (Å²) in [4.78, 5) is 11.1. The molecule has 4 saturated carbocycles. The highest BCUT2D eigenvalue weighted by molar-refractivity contribution is 7.80. The molecule has 4 aliphatic carbocycles. The third-order valence-corrected chi connectivity index (χ3v) is 11.0. The summed E-state index contributed by atoms with van der Waals surface area (Å²) in [7, 11) is -4.46. The van der Waals surface area contributed by atoms with E-state index in [1.165, 1.54) is 0 Å². The Morgan fingerprint density at radius 1 is 1.06 bits per heavy atom. The third-order valence-electron chi connectivity index (χ3n) is 10.5. The highest BCUT2D eigenvalue weighted by atomic mass is 32.3. The van der Waals surface area contributed by atoms with E-state index >= 15 is 0 Å². The van der Waals surface area contributed by atoms with Gasteiger partial charge >= 0.3 is 16.4 Å². The monoisotopic (exact) mass is 472 g/mol. The number of carbonyl (C=O) groups is 1. The molecule has 32 heavy (non-hydrogen) atoms. The maximum atomic E-state index is 11.4. The van der Waals surface area contributed by atoms with Gasteiger partial charge in [-0.2, -0.15) is 8.42 Å². The Balaban J connectivity index is 1.52. The average molecular weight is 473 g/mol. The van der Waals surface area contributed by atoms with Crippen molar-refractivity contribution in [2.45, 2.75) is 97.2 Å². The lowest BCUT2D eigenvalue weighted by molar-refractivity contribution is -0.172. The van der Waals surface area contributed by atoms with E-state index in [0.29, 0.717) is 49.4 Å². The van der Waals surface area contributed by atoms with Gasteiger partial charge < -0.3 is 10.2 Å². The first kappa shape index (κ1) is 24.4. The first-order valence-electron chi connectivity index (χ1n) is 12.4. The Morgan fingerprint density at radius 2 is 1.72 bits per heavy atom. The quantitative estimate of drug-likeness (QED) is 0.493. The van der Waals surface area contributed by atoms with Gasteiger partial charge in [-0.3, -0.25) is 9.35 Å². The number of fused-ring (bicyclic) bond motifs is 5. The molecule has 4 rings (SSSR count). The van der Waals surface area contributed by atoms with Crippen molar-refractivity contribution in [2.75, 3.05) is 0 Å². The predicted octanol–water partition coefficient (Wildman–Crippen LogP) is 4.31. The van der Waals surface area contributed by atoms with Crippen molar-refractivity contribution in [3.8, 4) is 0 Å². The molecule has 184 valence electrons. The smallest absolute Gasteiger partial charge is 0.397 e. The maximum absolute atomic E-state index is 11.4. The van der Waals surface area contributed by atoms with Gasteiger partial charge in [0.15, 0.2) is 0 Å². The molecule has 0 aromatic heterocycles. The van der Waals surface area contributed by atoms with E-state index in [9.17, 15) is 18.3 Å². The molecule has 8 heteroatoms. The average Bonchev–Trinajstić information content (AvgIpc) is 3.03. The molecule has 0 saturated heterocycles. The Morgan fingerprint density at radius 3 is 2.38 bits per heavy atom. The van der Waals surface area contributed by atoms with Crippen molar-refractivity contribution in [2.24, 2.45) is 46.3 Å². The van der Waals surface area contributed by atoms with Crippen molar-refractivity contribution < 1.29 is 32.2 Å². The van der Waals surface area contributed by atoms with E-state index in [4.69, 9.17) is 13.8 Å². The molecule has 10 atom stereocenters. The van der Waals surface area contributed by atoms with Crippen LogP contribution in [0.15, 0.2) is 0 Å². The number of aliphatic carboxylic acids is 1. The molecule has 7 nitrogen and oxygen atoms in total. The molecule has 4 fully saturated rings. The summed E-state index contributed by atoms with van der Waals surface area (Å²) in [6.07, 6.45) is 7.11. The largest absolute Gasteiger partial charge is 0.481 e. The minimum absolute atomic E-state index is 0.0529. The molecule has 4 aliphatic rings. The van der Waals surface area contributed by atoms with Crippen LogP contribution in [-0.4, -0.2) is 41.4 Å². The van der Waals surface area contributed by atoms with Crippen molar-refractivity contribution in [3.63, 3.8) is 0 Å². The topological polar surface area (TPSA) is 121 Å². The Bertz CT molecular complexity index is 828. The Labute approximate surface area is 192 Å². The number of hydrogen-bond acceptors (Lipinski definition) is 5. The van der Waals surface area contributed by atoms with Crippen molar-refractivity contribution in [1.82, 2.24) is 0 Å². The van der Waals surface area contributed by atoms with Crippen molar-refractivity contribution in [1.29, 1.82) is 0 Å². The van der Waals surface area contributed by atoms with Crippen molar-refractivity contribution in [3.05, 3.63) is 0 Å². The minimum atomic E-state index is -4.46. The van der Waals surface area contributed by atoms with Crippen LogP contribution in [0.5, 0.6) is 0 Å². The van der Waals surface area contributed by atoms with Gasteiger partial charge in [0.1, 0.15) is 0 Å². The molecular weight excluding hydrogens is 432 g/mol. The molecule has 3 N–H and O–H groups in total. The molecule has 0 aromatic carbocycles. The molecule has 10 unspecified atom stereocenters. The van der Waals surface area contributed by atoms with Crippen LogP contribution in [0.1, 0.15) is 85.0 Å². The second-order valence-electron chi connectivity index (χ2n) is 11.9. The molecule has 0 aromatic rings. The zero-order chi connectivity index (χ0) is 23.5. The molecule has 0 radical (unpaired) electrons. The van der Waals surface area contributed by atoms with Gasteiger partial charge in [0, 0.05) is 6.42 Å². The number of aliphatic hydroxyl groups is 1. The van der Waals surface area contributed by atoms with E-state index in [-0.39, 0.29) is 29.1 Å².